The molecule has 0 spiro atoms. The maximum atomic E-state index is 11.3. The maximum absolute atomic E-state index is 11.3. The number of benzene rings is 2. The van der Waals surface area contributed by atoms with E-state index in [1.807, 2.05) is 13.8 Å². The van der Waals surface area contributed by atoms with Crippen molar-refractivity contribution in [2.75, 3.05) is 5.33 Å². The van der Waals surface area contributed by atoms with Crippen molar-refractivity contribution in [3.8, 4) is 17.2 Å². The van der Waals surface area contributed by atoms with Gasteiger partial charge in [0.05, 0.1) is 10.4 Å². The van der Waals surface area contributed by atoms with Crippen LogP contribution in [0.2, 0.25) is 0 Å². The lowest BCUT2D eigenvalue weighted by molar-refractivity contribution is -0.138. The quantitative estimate of drug-likeness (QED) is 0.551. The van der Waals surface area contributed by atoms with Crippen LogP contribution in [0.25, 0.3) is 0 Å². The molecular formula is C18H18Br2O4. The minimum absolute atomic E-state index is 0.176. The summed E-state index contributed by atoms with van der Waals surface area (Å²) in [6.07, 6.45) is 0. The number of carboxylic acid groups (broad SMARTS) is 1. The molecule has 2 aromatic carbocycles. The van der Waals surface area contributed by atoms with E-state index in [1.54, 1.807) is 36.4 Å². The predicted molar refractivity (Wildman–Crippen MR) is 101 cm³/mol. The zero-order valence-electron chi connectivity index (χ0n) is 13.3. The Kier molecular flexibility index (Phi) is 6.29. The number of phenols is 1. The van der Waals surface area contributed by atoms with Crippen molar-refractivity contribution in [2.45, 2.75) is 25.7 Å². The molecule has 0 saturated carbocycles. The molecule has 0 saturated heterocycles. The van der Waals surface area contributed by atoms with Crippen LogP contribution in [0.15, 0.2) is 40.9 Å². The van der Waals surface area contributed by atoms with Gasteiger partial charge in [-0.3, -0.25) is 4.79 Å². The Labute approximate surface area is 157 Å². The normalized spacial score (nSPS) is 12.2. The van der Waals surface area contributed by atoms with Crippen molar-refractivity contribution < 1.29 is 19.7 Å². The molecule has 4 nitrogen and oxygen atoms in total. The summed E-state index contributed by atoms with van der Waals surface area (Å²) in [5.74, 6) is 0.116. The standard InChI is InChI=1S/C18H18Br2O4/c1-10(2)13-8-12(4-5-16(13)21)24-17-6-3-11(7-15(17)20)14(9-19)18(22)23/h3-8,10,14,21H,9H2,1-2H3,(H,22,23). The molecule has 1 unspecified atom stereocenters. The molecule has 0 aliphatic carbocycles. The Morgan fingerprint density at radius 1 is 1.21 bits per heavy atom. The third-order valence-corrected chi connectivity index (χ3v) is 4.93. The van der Waals surface area contributed by atoms with E-state index in [-0.39, 0.29) is 11.7 Å². The topological polar surface area (TPSA) is 66.8 Å². The van der Waals surface area contributed by atoms with E-state index in [2.05, 4.69) is 31.9 Å². The van der Waals surface area contributed by atoms with Gasteiger partial charge in [0, 0.05) is 10.9 Å². The summed E-state index contributed by atoms with van der Waals surface area (Å²) in [6, 6.07) is 10.3. The highest BCUT2D eigenvalue weighted by atomic mass is 79.9. The molecule has 0 bridgehead atoms. The number of alkyl halides is 1. The second kappa shape index (κ2) is 8.03. The largest absolute Gasteiger partial charge is 0.508 e. The number of ether oxygens (including phenoxy) is 1. The lowest BCUT2D eigenvalue weighted by Crippen LogP contribution is -2.12. The Balaban J connectivity index is 2.28. The van der Waals surface area contributed by atoms with E-state index in [1.165, 1.54) is 0 Å². The van der Waals surface area contributed by atoms with Crippen LogP contribution in [0, 0.1) is 0 Å². The van der Waals surface area contributed by atoms with E-state index >= 15 is 0 Å². The average Bonchev–Trinajstić information content (AvgIpc) is 2.51. The third-order valence-electron chi connectivity index (χ3n) is 3.66. The molecule has 1 atom stereocenters. The van der Waals surface area contributed by atoms with E-state index in [4.69, 9.17) is 4.74 Å². The average molecular weight is 458 g/mol. The highest BCUT2D eigenvalue weighted by molar-refractivity contribution is 9.10. The third kappa shape index (κ3) is 4.30. The van der Waals surface area contributed by atoms with Crippen molar-refractivity contribution >= 4 is 37.8 Å². The van der Waals surface area contributed by atoms with Crippen LogP contribution in [0.4, 0.5) is 0 Å². The molecule has 0 heterocycles. The summed E-state index contributed by atoms with van der Waals surface area (Å²) in [4.78, 5) is 11.3. The summed E-state index contributed by atoms with van der Waals surface area (Å²) >= 11 is 6.66. The fourth-order valence-electron chi connectivity index (χ4n) is 2.30. The van der Waals surface area contributed by atoms with Gasteiger partial charge in [-0.15, -0.1) is 0 Å². The van der Waals surface area contributed by atoms with Crippen LogP contribution < -0.4 is 4.74 Å². The molecular weight excluding hydrogens is 440 g/mol. The first-order chi connectivity index (χ1) is 11.3. The summed E-state index contributed by atoms with van der Waals surface area (Å²) in [5.41, 5.74) is 1.50. The van der Waals surface area contributed by atoms with Crippen LogP contribution in [0.3, 0.4) is 0 Å². The number of hydrogen-bond acceptors (Lipinski definition) is 3. The van der Waals surface area contributed by atoms with Gasteiger partial charge in [-0.1, -0.05) is 35.8 Å². The summed E-state index contributed by atoms with van der Waals surface area (Å²) in [5, 5.41) is 19.4. The van der Waals surface area contributed by atoms with Crippen LogP contribution in [-0.2, 0) is 4.79 Å². The van der Waals surface area contributed by atoms with E-state index in [0.29, 0.717) is 26.9 Å². The van der Waals surface area contributed by atoms with Gasteiger partial charge in [0.2, 0.25) is 0 Å². The van der Waals surface area contributed by atoms with Gasteiger partial charge in [-0.2, -0.15) is 0 Å². The van der Waals surface area contributed by atoms with Gasteiger partial charge < -0.3 is 14.9 Å². The Hall–Kier alpha value is -1.53. The fourth-order valence-corrected chi connectivity index (χ4v) is 3.43. The van der Waals surface area contributed by atoms with E-state index < -0.39 is 11.9 Å². The van der Waals surface area contributed by atoms with Crippen LogP contribution in [-0.4, -0.2) is 21.5 Å². The lowest BCUT2D eigenvalue weighted by Gasteiger charge is -2.14. The zero-order valence-corrected chi connectivity index (χ0v) is 16.5. The molecule has 0 aromatic heterocycles. The van der Waals surface area contributed by atoms with Gasteiger partial charge in [-0.05, 0) is 57.7 Å². The van der Waals surface area contributed by atoms with Gasteiger partial charge >= 0.3 is 5.97 Å². The second-order valence-electron chi connectivity index (χ2n) is 5.71. The number of aliphatic carboxylic acids is 1. The molecule has 24 heavy (non-hydrogen) atoms. The number of hydrogen-bond donors (Lipinski definition) is 2. The maximum Gasteiger partial charge on any atom is 0.311 e. The molecule has 0 fully saturated rings. The Morgan fingerprint density at radius 3 is 2.46 bits per heavy atom. The van der Waals surface area contributed by atoms with Crippen LogP contribution >= 0.6 is 31.9 Å². The summed E-state index contributed by atoms with van der Waals surface area (Å²) < 4.78 is 6.54. The molecule has 128 valence electrons. The fraction of sp³-hybridized carbons (Fsp3) is 0.278. The highest BCUT2D eigenvalue weighted by Gasteiger charge is 2.19. The minimum Gasteiger partial charge on any atom is -0.508 e. The van der Waals surface area contributed by atoms with Gasteiger partial charge in [0.15, 0.2) is 0 Å². The zero-order chi connectivity index (χ0) is 17.9. The summed E-state index contributed by atoms with van der Waals surface area (Å²) in [7, 11) is 0. The molecule has 0 aliphatic heterocycles. The van der Waals surface area contributed by atoms with E-state index in [0.717, 1.165) is 5.56 Å². The molecule has 6 heteroatoms. The van der Waals surface area contributed by atoms with Crippen molar-refractivity contribution in [1.29, 1.82) is 0 Å². The monoisotopic (exact) mass is 456 g/mol. The van der Waals surface area contributed by atoms with E-state index in [9.17, 15) is 15.0 Å². The van der Waals surface area contributed by atoms with Crippen LogP contribution in [0.1, 0.15) is 36.8 Å². The smallest absolute Gasteiger partial charge is 0.311 e. The van der Waals surface area contributed by atoms with Gasteiger partial charge in [0.1, 0.15) is 17.2 Å². The number of phenolic OH excluding ortho intramolecular Hbond substituents is 1. The lowest BCUT2D eigenvalue weighted by atomic mass is 10.0. The Bertz CT molecular complexity index is 744. The number of halogens is 2. The molecule has 2 rings (SSSR count). The first kappa shape index (κ1) is 18.8. The van der Waals surface area contributed by atoms with Gasteiger partial charge in [-0.25, -0.2) is 0 Å². The SMILES string of the molecule is CC(C)c1cc(Oc2ccc(C(CBr)C(=O)O)cc2Br)ccc1O. The minimum atomic E-state index is -0.882. The van der Waals surface area contributed by atoms with Crippen molar-refractivity contribution in [1.82, 2.24) is 0 Å². The number of rotatable bonds is 6. The predicted octanol–water partition coefficient (Wildman–Crippen LogP) is 5.63. The second-order valence-corrected chi connectivity index (χ2v) is 7.21. The first-order valence-electron chi connectivity index (χ1n) is 7.42. The Morgan fingerprint density at radius 2 is 1.92 bits per heavy atom. The molecule has 2 N–H and O–H groups in total. The number of carbonyl (C=O) groups is 1. The van der Waals surface area contributed by atoms with Crippen molar-refractivity contribution in [3.05, 3.63) is 52.0 Å². The molecule has 2 aromatic rings. The summed E-state index contributed by atoms with van der Waals surface area (Å²) in [6.45, 7) is 3.99. The van der Waals surface area contributed by atoms with Crippen molar-refractivity contribution in [3.63, 3.8) is 0 Å². The number of carboxylic acids is 1. The van der Waals surface area contributed by atoms with Crippen molar-refractivity contribution in [2.24, 2.45) is 0 Å². The van der Waals surface area contributed by atoms with Gasteiger partial charge in [0.25, 0.3) is 0 Å². The molecule has 0 aliphatic rings. The highest BCUT2D eigenvalue weighted by Crippen LogP contribution is 2.35. The number of aromatic hydroxyl groups is 1. The molecule has 0 amide bonds. The first-order valence-corrected chi connectivity index (χ1v) is 9.34. The van der Waals surface area contributed by atoms with Crippen LogP contribution in [0.5, 0.6) is 17.2 Å². The molecule has 0 radical (unpaired) electrons.